The zero-order chi connectivity index (χ0) is 17.5. The van der Waals surface area contributed by atoms with Crippen molar-refractivity contribution in [1.82, 2.24) is 10.6 Å². The molecule has 2 rings (SSSR count). The van der Waals surface area contributed by atoms with E-state index in [1.165, 1.54) is 0 Å². The summed E-state index contributed by atoms with van der Waals surface area (Å²) in [6, 6.07) is 7.59. The Morgan fingerprint density at radius 3 is 2.38 bits per heavy atom. The van der Waals surface area contributed by atoms with Crippen molar-refractivity contribution in [2.45, 2.75) is 57.5 Å². The summed E-state index contributed by atoms with van der Waals surface area (Å²) >= 11 is 5.89. The number of halogens is 1. The van der Waals surface area contributed by atoms with Crippen LogP contribution in [-0.2, 0) is 11.2 Å². The van der Waals surface area contributed by atoms with E-state index in [1.807, 2.05) is 31.2 Å². The molecule has 0 heterocycles. The fourth-order valence-electron chi connectivity index (χ4n) is 3.10. The normalized spacial score (nSPS) is 21.8. The summed E-state index contributed by atoms with van der Waals surface area (Å²) in [4.78, 5) is 23.1. The van der Waals surface area contributed by atoms with E-state index in [4.69, 9.17) is 16.7 Å². The van der Waals surface area contributed by atoms with Crippen LogP contribution < -0.4 is 10.6 Å². The van der Waals surface area contributed by atoms with E-state index in [9.17, 15) is 9.59 Å². The number of carboxylic acids is 1. The molecule has 1 unspecified atom stereocenters. The van der Waals surface area contributed by atoms with Gasteiger partial charge in [0, 0.05) is 17.1 Å². The molecular formula is C18H25ClN2O3. The number of benzene rings is 1. The van der Waals surface area contributed by atoms with Gasteiger partial charge in [0.05, 0.1) is 5.92 Å². The van der Waals surface area contributed by atoms with Crippen molar-refractivity contribution in [3.63, 3.8) is 0 Å². The highest BCUT2D eigenvalue weighted by Gasteiger charge is 2.26. The maximum atomic E-state index is 12.2. The van der Waals surface area contributed by atoms with E-state index in [2.05, 4.69) is 10.6 Å². The fourth-order valence-corrected chi connectivity index (χ4v) is 3.23. The molecule has 6 heteroatoms. The highest BCUT2D eigenvalue weighted by atomic mass is 35.5. The third-order valence-electron chi connectivity index (χ3n) is 4.64. The van der Waals surface area contributed by atoms with Crippen LogP contribution in [0.5, 0.6) is 0 Å². The van der Waals surface area contributed by atoms with Gasteiger partial charge in [-0.25, -0.2) is 4.79 Å². The molecule has 0 aromatic heterocycles. The molecule has 1 aromatic carbocycles. The van der Waals surface area contributed by atoms with Gasteiger partial charge in [-0.15, -0.1) is 0 Å². The van der Waals surface area contributed by atoms with Gasteiger partial charge >= 0.3 is 12.0 Å². The zero-order valence-electron chi connectivity index (χ0n) is 13.9. The summed E-state index contributed by atoms with van der Waals surface area (Å²) in [5.41, 5.74) is 1.13. The molecule has 1 saturated carbocycles. The number of carbonyl (C=O) groups excluding carboxylic acids is 1. The maximum absolute atomic E-state index is 12.2. The van der Waals surface area contributed by atoms with E-state index in [0.29, 0.717) is 17.9 Å². The van der Waals surface area contributed by atoms with Crippen LogP contribution in [0.2, 0.25) is 5.02 Å². The second kappa shape index (κ2) is 8.92. The van der Waals surface area contributed by atoms with Crippen LogP contribution >= 0.6 is 11.6 Å². The molecular weight excluding hydrogens is 328 g/mol. The summed E-state index contributed by atoms with van der Waals surface area (Å²) in [5, 5.41) is 15.7. The standard InChI is InChI=1S/C18H25ClN2O3/c1-2-15(11-12-3-7-14(19)8-4-12)20-18(24)21-16-9-5-13(6-10-16)17(22)23/h3-4,7-8,13,15-16H,2,5-6,9-11H2,1H3,(H,22,23)(H2,20,21,24). The molecule has 0 bridgehead atoms. The first kappa shape index (κ1) is 18.6. The third-order valence-corrected chi connectivity index (χ3v) is 4.89. The lowest BCUT2D eigenvalue weighted by Gasteiger charge is -2.27. The van der Waals surface area contributed by atoms with Gasteiger partial charge in [0.2, 0.25) is 0 Å². The summed E-state index contributed by atoms with van der Waals surface area (Å²) in [7, 11) is 0. The van der Waals surface area contributed by atoms with E-state index in [1.54, 1.807) is 0 Å². The van der Waals surface area contributed by atoms with Crippen molar-refractivity contribution in [2.24, 2.45) is 5.92 Å². The minimum absolute atomic E-state index is 0.0570. The number of hydrogen-bond acceptors (Lipinski definition) is 2. The SMILES string of the molecule is CCC(Cc1ccc(Cl)cc1)NC(=O)NC1CCC(C(=O)O)CC1. The topological polar surface area (TPSA) is 78.4 Å². The largest absolute Gasteiger partial charge is 0.481 e. The summed E-state index contributed by atoms with van der Waals surface area (Å²) in [6.07, 6.45) is 4.29. The van der Waals surface area contributed by atoms with Gasteiger partial charge in [-0.05, 0) is 56.2 Å². The first-order valence-corrected chi connectivity index (χ1v) is 8.90. The Labute approximate surface area is 147 Å². The molecule has 5 nitrogen and oxygen atoms in total. The molecule has 132 valence electrons. The van der Waals surface area contributed by atoms with Gasteiger partial charge < -0.3 is 15.7 Å². The first-order valence-electron chi connectivity index (χ1n) is 8.52. The van der Waals surface area contributed by atoms with Gasteiger partial charge in [0.25, 0.3) is 0 Å². The smallest absolute Gasteiger partial charge is 0.315 e. The Morgan fingerprint density at radius 1 is 1.21 bits per heavy atom. The number of nitrogens with one attached hydrogen (secondary N) is 2. The third kappa shape index (κ3) is 5.71. The predicted molar refractivity (Wildman–Crippen MR) is 94.3 cm³/mol. The number of urea groups is 1. The monoisotopic (exact) mass is 352 g/mol. The molecule has 0 saturated heterocycles. The van der Waals surface area contributed by atoms with Crippen molar-refractivity contribution in [3.8, 4) is 0 Å². The summed E-state index contributed by atoms with van der Waals surface area (Å²) in [6.45, 7) is 2.04. The Bertz CT molecular complexity index is 554. The van der Waals surface area contributed by atoms with Crippen LogP contribution in [0, 0.1) is 5.92 Å². The van der Waals surface area contributed by atoms with Crippen LogP contribution in [0.1, 0.15) is 44.6 Å². The van der Waals surface area contributed by atoms with E-state index in [-0.39, 0.29) is 24.0 Å². The number of carbonyl (C=O) groups is 2. The average Bonchev–Trinajstić information content (AvgIpc) is 2.56. The molecule has 0 radical (unpaired) electrons. The highest BCUT2D eigenvalue weighted by molar-refractivity contribution is 6.30. The Balaban J connectivity index is 1.77. The summed E-state index contributed by atoms with van der Waals surface area (Å²) < 4.78 is 0. The zero-order valence-corrected chi connectivity index (χ0v) is 14.7. The van der Waals surface area contributed by atoms with Gasteiger partial charge in [0.15, 0.2) is 0 Å². The van der Waals surface area contributed by atoms with Crippen LogP contribution in [0.3, 0.4) is 0 Å². The minimum atomic E-state index is -0.730. The van der Waals surface area contributed by atoms with Crippen LogP contribution in [0.25, 0.3) is 0 Å². The number of hydrogen-bond donors (Lipinski definition) is 3. The van der Waals surface area contributed by atoms with Crippen molar-refractivity contribution in [3.05, 3.63) is 34.9 Å². The summed E-state index contributed by atoms with van der Waals surface area (Å²) in [5.74, 6) is -0.994. The molecule has 1 fully saturated rings. The van der Waals surface area contributed by atoms with Crippen LogP contribution in [0.4, 0.5) is 4.79 Å². The van der Waals surface area contributed by atoms with Gasteiger partial charge in [0.1, 0.15) is 0 Å². The number of amides is 2. The molecule has 1 atom stereocenters. The van der Waals surface area contributed by atoms with Gasteiger partial charge in [-0.3, -0.25) is 4.79 Å². The lowest BCUT2D eigenvalue weighted by molar-refractivity contribution is -0.142. The second-order valence-electron chi connectivity index (χ2n) is 6.44. The number of aliphatic carboxylic acids is 1. The van der Waals surface area contributed by atoms with Crippen LogP contribution in [-0.4, -0.2) is 29.2 Å². The van der Waals surface area contributed by atoms with E-state index >= 15 is 0 Å². The minimum Gasteiger partial charge on any atom is -0.481 e. The number of rotatable bonds is 6. The molecule has 0 spiro atoms. The molecule has 1 aliphatic carbocycles. The van der Waals surface area contributed by atoms with Crippen molar-refractivity contribution < 1.29 is 14.7 Å². The predicted octanol–water partition coefficient (Wildman–Crippen LogP) is 3.60. The molecule has 3 N–H and O–H groups in total. The highest BCUT2D eigenvalue weighted by Crippen LogP contribution is 2.24. The Morgan fingerprint density at radius 2 is 1.83 bits per heavy atom. The molecule has 24 heavy (non-hydrogen) atoms. The fraction of sp³-hybridized carbons (Fsp3) is 0.556. The van der Waals surface area contributed by atoms with Gasteiger partial charge in [-0.2, -0.15) is 0 Å². The molecule has 1 aromatic rings. The molecule has 1 aliphatic rings. The number of carboxylic acid groups (broad SMARTS) is 1. The first-order chi connectivity index (χ1) is 11.5. The Kier molecular flexibility index (Phi) is 6.91. The molecule has 2 amide bonds. The average molecular weight is 353 g/mol. The maximum Gasteiger partial charge on any atom is 0.315 e. The van der Waals surface area contributed by atoms with Crippen molar-refractivity contribution in [2.75, 3.05) is 0 Å². The quantitative estimate of drug-likeness (QED) is 0.731. The van der Waals surface area contributed by atoms with Crippen molar-refractivity contribution >= 4 is 23.6 Å². The lowest BCUT2D eigenvalue weighted by atomic mass is 9.86. The van der Waals surface area contributed by atoms with Crippen LogP contribution in [0.15, 0.2) is 24.3 Å². The second-order valence-corrected chi connectivity index (χ2v) is 6.88. The van der Waals surface area contributed by atoms with E-state index in [0.717, 1.165) is 31.2 Å². The van der Waals surface area contributed by atoms with E-state index < -0.39 is 5.97 Å². The Hall–Kier alpha value is -1.75. The van der Waals surface area contributed by atoms with Crippen molar-refractivity contribution in [1.29, 1.82) is 0 Å². The molecule has 0 aliphatic heterocycles. The lowest BCUT2D eigenvalue weighted by Crippen LogP contribution is -2.48. The van der Waals surface area contributed by atoms with Gasteiger partial charge in [-0.1, -0.05) is 30.7 Å².